The van der Waals surface area contributed by atoms with E-state index in [-0.39, 0.29) is 0 Å². The van der Waals surface area contributed by atoms with E-state index in [2.05, 4.69) is 59.4 Å². The van der Waals surface area contributed by atoms with Gasteiger partial charge in [0.15, 0.2) is 0 Å². The molecule has 1 aromatic carbocycles. The normalized spacial score (nSPS) is 23.2. The molecule has 0 bridgehead atoms. The van der Waals surface area contributed by atoms with Crippen LogP contribution in [0.5, 0.6) is 0 Å². The molecule has 1 nitrogen and oxygen atoms in total. The van der Waals surface area contributed by atoms with Crippen molar-refractivity contribution in [3.05, 3.63) is 34.3 Å². The molecule has 112 valence electrons. The van der Waals surface area contributed by atoms with Crippen LogP contribution in [0.3, 0.4) is 0 Å². The molecule has 1 saturated carbocycles. The molecule has 0 spiro atoms. The van der Waals surface area contributed by atoms with Gasteiger partial charge in [0.2, 0.25) is 0 Å². The van der Waals surface area contributed by atoms with E-state index >= 15 is 0 Å². The van der Waals surface area contributed by atoms with Gasteiger partial charge in [-0.1, -0.05) is 60.8 Å². The third kappa shape index (κ3) is 4.89. The molecule has 1 aromatic rings. The van der Waals surface area contributed by atoms with Crippen LogP contribution < -0.4 is 5.32 Å². The maximum Gasteiger partial charge on any atom is 0.0207 e. The first-order chi connectivity index (χ1) is 9.66. The largest absolute Gasteiger partial charge is 0.316 e. The van der Waals surface area contributed by atoms with Crippen molar-refractivity contribution in [2.45, 2.75) is 46.0 Å². The molecule has 0 saturated heterocycles. The fourth-order valence-electron chi connectivity index (χ4n) is 3.33. The molecule has 0 aliphatic heterocycles. The predicted molar refractivity (Wildman–Crippen MR) is 91.0 cm³/mol. The van der Waals surface area contributed by atoms with Crippen molar-refractivity contribution < 1.29 is 0 Å². The smallest absolute Gasteiger partial charge is 0.0207 e. The Balaban J connectivity index is 1.91. The quantitative estimate of drug-likeness (QED) is 0.766. The Bertz CT molecular complexity index is 402. The van der Waals surface area contributed by atoms with Crippen LogP contribution in [0.25, 0.3) is 0 Å². The van der Waals surface area contributed by atoms with Crippen LogP contribution in [0.4, 0.5) is 0 Å². The molecular weight excluding hydrogens is 310 g/mol. The number of hydrogen-bond acceptors (Lipinski definition) is 1. The molecule has 2 unspecified atom stereocenters. The Morgan fingerprint density at radius 1 is 1.15 bits per heavy atom. The standard InChI is InChI=1S/C18H28BrN/c1-14(2)12-20-13-17-9-4-3-7-15(17)11-16-8-5-6-10-18(16)19/h5-6,8,10,14-15,17,20H,3-4,7,9,11-13H2,1-2H3. The van der Waals surface area contributed by atoms with Crippen LogP contribution in [-0.2, 0) is 6.42 Å². The van der Waals surface area contributed by atoms with Crippen molar-refractivity contribution in [1.82, 2.24) is 5.32 Å². The SMILES string of the molecule is CC(C)CNCC1CCCCC1Cc1ccccc1Br. The maximum absolute atomic E-state index is 3.70. The van der Waals surface area contributed by atoms with Gasteiger partial charge in [-0.2, -0.15) is 0 Å². The Morgan fingerprint density at radius 3 is 2.55 bits per heavy atom. The van der Waals surface area contributed by atoms with Gasteiger partial charge < -0.3 is 5.32 Å². The predicted octanol–water partition coefficient (Wildman–Crippen LogP) is 5.04. The summed E-state index contributed by atoms with van der Waals surface area (Å²) >= 11 is 3.70. The average molecular weight is 338 g/mol. The van der Waals surface area contributed by atoms with Crippen LogP contribution in [0, 0.1) is 17.8 Å². The minimum absolute atomic E-state index is 0.750. The van der Waals surface area contributed by atoms with Gasteiger partial charge in [0.1, 0.15) is 0 Å². The molecule has 1 aliphatic carbocycles. The maximum atomic E-state index is 3.70. The van der Waals surface area contributed by atoms with Crippen molar-refractivity contribution in [1.29, 1.82) is 0 Å². The molecule has 1 N–H and O–H groups in total. The lowest BCUT2D eigenvalue weighted by Crippen LogP contribution is -2.33. The van der Waals surface area contributed by atoms with Crippen molar-refractivity contribution in [3.8, 4) is 0 Å². The minimum atomic E-state index is 0.750. The molecule has 20 heavy (non-hydrogen) atoms. The zero-order valence-electron chi connectivity index (χ0n) is 12.9. The molecule has 0 radical (unpaired) electrons. The Labute approximate surface area is 132 Å². The van der Waals surface area contributed by atoms with Crippen molar-refractivity contribution >= 4 is 15.9 Å². The second kappa shape index (κ2) is 8.19. The van der Waals surface area contributed by atoms with Crippen molar-refractivity contribution in [2.75, 3.05) is 13.1 Å². The zero-order chi connectivity index (χ0) is 14.4. The number of hydrogen-bond donors (Lipinski definition) is 1. The third-order valence-corrected chi connectivity index (χ3v) is 5.24. The summed E-state index contributed by atoms with van der Waals surface area (Å²) in [5, 5.41) is 3.67. The Morgan fingerprint density at radius 2 is 1.85 bits per heavy atom. The van der Waals surface area contributed by atoms with Gasteiger partial charge in [0, 0.05) is 4.47 Å². The summed E-state index contributed by atoms with van der Waals surface area (Å²) < 4.78 is 1.28. The van der Waals surface area contributed by atoms with Crippen molar-refractivity contribution in [2.24, 2.45) is 17.8 Å². The molecule has 0 heterocycles. The van der Waals surface area contributed by atoms with Gasteiger partial charge in [0.05, 0.1) is 0 Å². The van der Waals surface area contributed by atoms with Crippen LogP contribution in [0.1, 0.15) is 45.1 Å². The molecule has 2 atom stereocenters. The fraction of sp³-hybridized carbons (Fsp3) is 0.667. The number of nitrogens with one attached hydrogen (secondary N) is 1. The first kappa shape index (κ1) is 16.0. The lowest BCUT2D eigenvalue weighted by molar-refractivity contribution is 0.226. The summed E-state index contributed by atoms with van der Waals surface area (Å²) in [5.74, 6) is 2.46. The van der Waals surface area contributed by atoms with Crippen molar-refractivity contribution in [3.63, 3.8) is 0 Å². The Hall–Kier alpha value is -0.340. The molecule has 2 rings (SSSR count). The lowest BCUT2D eigenvalue weighted by atomic mass is 9.76. The van der Waals surface area contributed by atoms with E-state index in [1.807, 2.05) is 0 Å². The highest BCUT2D eigenvalue weighted by molar-refractivity contribution is 9.10. The van der Waals surface area contributed by atoms with E-state index in [4.69, 9.17) is 0 Å². The number of benzene rings is 1. The van der Waals surface area contributed by atoms with E-state index in [1.54, 1.807) is 0 Å². The summed E-state index contributed by atoms with van der Waals surface area (Å²) in [6.07, 6.45) is 6.86. The first-order valence-corrected chi connectivity index (χ1v) is 8.90. The lowest BCUT2D eigenvalue weighted by Gasteiger charge is -2.32. The van der Waals surface area contributed by atoms with Crippen LogP contribution in [0.15, 0.2) is 28.7 Å². The second-order valence-electron chi connectivity index (χ2n) is 6.65. The summed E-state index contributed by atoms with van der Waals surface area (Å²) in [7, 11) is 0. The van der Waals surface area contributed by atoms with Gasteiger partial charge >= 0.3 is 0 Å². The minimum Gasteiger partial charge on any atom is -0.316 e. The van der Waals surface area contributed by atoms with E-state index in [9.17, 15) is 0 Å². The fourth-order valence-corrected chi connectivity index (χ4v) is 3.77. The van der Waals surface area contributed by atoms with E-state index in [1.165, 1.54) is 48.7 Å². The molecular formula is C18H28BrN. The van der Waals surface area contributed by atoms with Gasteiger partial charge in [-0.15, -0.1) is 0 Å². The number of rotatable bonds is 6. The topological polar surface area (TPSA) is 12.0 Å². The zero-order valence-corrected chi connectivity index (χ0v) is 14.5. The monoisotopic (exact) mass is 337 g/mol. The highest BCUT2D eigenvalue weighted by Crippen LogP contribution is 2.33. The van der Waals surface area contributed by atoms with Gasteiger partial charge in [-0.25, -0.2) is 0 Å². The highest BCUT2D eigenvalue weighted by atomic mass is 79.9. The third-order valence-electron chi connectivity index (χ3n) is 4.47. The van der Waals surface area contributed by atoms with E-state index < -0.39 is 0 Å². The highest BCUT2D eigenvalue weighted by Gasteiger charge is 2.25. The van der Waals surface area contributed by atoms with Crippen LogP contribution in [0.2, 0.25) is 0 Å². The molecule has 2 heteroatoms. The molecule has 0 amide bonds. The van der Waals surface area contributed by atoms with Gasteiger partial charge in [-0.3, -0.25) is 0 Å². The van der Waals surface area contributed by atoms with Gasteiger partial charge in [-0.05, 0) is 61.7 Å². The summed E-state index contributed by atoms with van der Waals surface area (Å²) in [6.45, 7) is 6.92. The first-order valence-electron chi connectivity index (χ1n) is 8.11. The van der Waals surface area contributed by atoms with Crippen LogP contribution in [-0.4, -0.2) is 13.1 Å². The summed E-state index contributed by atoms with van der Waals surface area (Å²) in [6, 6.07) is 8.71. The van der Waals surface area contributed by atoms with Gasteiger partial charge in [0.25, 0.3) is 0 Å². The summed E-state index contributed by atoms with van der Waals surface area (Å²) in [5.41, 5.74) is 1.48. The molecule has 0 aromatic heterocycles. The molecule has 1 fully saturated rings. The second-order valence-corrected chi connectivity index (χ2v) is 7.51. The average Bonchev–Trinajstić information content (AvgIpc) is 2.43. The van der Waals surface area contributed by atoms with Crippen LogP contribution >= 0.6 is 15.9 Å². The van der Waals surface area contributed by atoms with E-state index in [0.29, 0.717) is 0 Å². The number of halogens is 1. The molecule has 1 aliphatic rings. The van der Waals surface area contributed by atoms with E-state index in [0.717, 1.165) is 24.3 Å². The summed E-state index contributed by atoms with van der Waals surface area (Å²) in [4.78, 5) is 0. The Kier molecular flexibility index (Phi) is 6.57.